The van der Waals surface area contributed by atoms with Crippen molar-refractivity contribution in [1.29, 1.82) is 0 Å². The van der Waals surface area contributed by atoms with Crippen molar-refractivity contribution < 1.29 is 9.84 Å². The van der Waals surface area contributed by atoms with Crippen LogP contribution in [0.1, 0.15) is 23.7 Å². The average molecular weight is 378 g/mol. The van der Waals surface area contributed by atoms with Gasteiger partial charge in [-0.2, -0.15) is 4.98 Å². The standard InChI is InChI=1S/C18H24ClN5O2/c1-12-9-17(23-18(20)22-12)24-6-2-8-26-11-16(24)14-10-13(21-5-7-25)3-4-15(14)19/h3-4,9-10,16,21,25H,2,5-8,11H2,1H3,(H2,20,22,23). The van der Waals surface area contributed by atoms with Crippen LogP contribution < -0.4 is 16.0 Å². The molecule has 26 heavy (non-hydrogen) atoms. The summed E-state index contributed by atoms with van der Waals surface area (Å²) in [6, 6.07) is 7.60. The zero-order valence-electron chi connectivity index (χ0n) is 14.8. The molecule has 1 aromatic carbocycles. The maximum atomic E-state index is 9.04. The van der Waals surface area contributed by atoms with Gasteiger partial charge in [-0.05, 0) is 37.1 Å². The van der Waals surface area contributed by atoms with Gasteiger partial charge in [-0.1, -0.05) is 11.6 Å². The van der Waals surface area contributed by atoms with Crippen LogP contribution in [0, 0.1) is 6.92 Å². The number of anilines is 3. The molecule has 0 spiro atoms. The highest BCUT2D eigenvalue weighted by Gasteiger charge is 2.27. The molecule has 1 fully saturated rings. The van der Waals surface area contributed by atoms with Crippen LogP contribution in [0.25, 0.3) is 0 Å². The van der Waals surface area contributed by atoms with Gasteiger partial charge in [-0.25, -0.2) is 4.98 Å². The van der Waals surface area contributed by atoms with Gasteiger partial charge in [-0.3, -0.25) is 0 Å². The fraction of sp³-hybridized carbons (Fsp3) is 0.444. The third kappa shape index (κ3) is 4.35. The van der Waals surface area contributed by atoms with Gasteiger partial charge >= 0.3 is 0 Å². The summed E-state index contributed by atoms with van der Waals surface area (Å²) in [4.78, 5) is 10.8. The van der Waals surface area contributed by atoms with Crippen molar-refractivity contribution in [2.75, 3.05) is 48.9 Å². The van der Waals surface area contributed by atoms with Gasteiger partial charge in [0.15, 0.2) is 0 Å². The summed E-state index contributed by atoms with van der Waals surface area (Å²) in [6.45, 7) is 4.42. The lowest BCUT2D eigenvalue weighted by Gasteiger charge is -2.31. The molecule has 0 saturated carbocycles. The molecule has 4 N–H and O–H groups in total. The summed E-state index contributed by atoms with van der Waals surface area (Å²) in [7, 11) is 0. The molecule has 1 unspecified atom stereocenters. The number of aliphatic hydroxyl groups is 1. The van der Waals surface area contributed by atoms with Crippen molar-refractivity contribution in [3.8, 4) is 0 Å². The SMILES string of the molecule is Cc1cc(N2CCCOCC2c2cc(NCCO)ccc2Cl)nc(N)n1. The molecule has 2 heterocycles. The Labute approximate surface area is 158 Å². The minimum Gasteiger partial charge on any atom is -0.395 e. The highest BCUT2D eigenvalue weighted by atomic mass is 35.5. The molecule has 2 aromatic rings. The maximum absolute atomic E-state index is 9.04. The van der Waals surface area contributed by atoms with E-state index in [2.05, 4.69) is 20.2 Å². The molecule has 140 valence electrons. The van der Waals surface area contributed by atoms with Crippen molar-refractivity contribution >= 4 is 29.1 Å². The Morgan fingerprint density at radius 2 is 2.23 bits per heavy atom. The topological polar surface area (TPSA) is 96.5 Å². The molecule has 1 aromatic heterocycles. The van der Waals surface area contributed by atoms with E-state index in [1.54, 1.807) is 0 Å². The van der Waals surface area contributed by atoms with Gasteiger partial charge < -0.3 is 25.8 Å². The summed E-state index contributed by atoms with van der Waals surface area (Å²) in [5, 5.41) is 12.9. The Kier molecular flexibility index (Phi) is 6.13. The lowest BCUT2D eigenvalue weighted by Crippen LogP contribution is -2.32. The number of hydrogen-bond donors (Lipinski definition) is 3. The lowest BCUT2D eigenvalue weighted by molar-refractivity contribution is 0.134. The van der Waals surface area contributed by atoms with Crippen LogP contribution in [0.3, 0.4) is 0 Å². The molecule has 1 saturated heterocycles. The van der Waals surface area contributed by atoms with Crippen molar-refractivity contribution in [2.24, 2.45) is 0 Å². The number of halogens is 1. The number of aliphatic hydroxyl groups excluding tert-OH is 1. The second-order valence-electron chi connectivity index (χ2n) is 6.25. The highest BCUT2D eigenvalue weighted by Crippen LogP contribution is 2.34. The molecule has 0 bridgehead atoms. The van der Waals surface area contributed by atoms with E-state index in [9.17, 15) is 0 Å². The number of nitrogens with two attached hydrogens (primary N) is 1. The Morgan fingerprint density at radius 3 is 3.00 bits per heavy atom. The molecule has 8 heteroatoms. The molecule has 3 rings (SSSR count). The second-order valence-corrected chi connectivity index (χ2v) is 6.66. The quantitative estimate of drug-likeness (QED) is 0.736. The van der Waals surface area contributed by atoms with Crippen molar-refractivity contribution in [2.45, 2.75) is 19.4 Å². The minimum atomic E-state index is -0.0884. The number of hydrogen-bond acceptors (Lipinski definition) is 7. The third-order valence-electron chi connectivity index (χ3n) is 4.29. The summed E-state index contributed by atoms with van der Waals surface area (Å²) < 4.78 is 5.81. The van der Waals surface area contributed by atoms with Crippen molar-refractivity contribution in [1.82, 2.24) is 9.97 Å². The summed E-state index contributed by atoms with van der Waals surface area (Å²) in [5.74, 6) is 1.03. The Hall–Kier alpha value is -2.09. The van der Waals surface area contributed by atoms with Gasteiger partial charge in [0, 0.05) is 42.2 Å². The predicted octanol–water partition coefficient (Wildman–Crippen LogP) is 2.39. The van der Waals surface area contributed by atoms with Gasteiger partial charge in [-0.15, -0.1) is 0 Å². The number of aromatic nitrogens is 2. The van der Waals surface area contributed by atoms with Crippen LogP contribution >= 0.6 is 11.6 Å². The average Bonchev–Trinajstić information content (AvgIpc) is 2.86. The van der Waals surface area contributed by atoms with E-state index < -0.39 is 0 Å². The van der Waals surface area contributed by atoms with E-state index in [1.165, 1.54) is 0 Å². The van der Waals surface area contributed by atoms with E-state index in [-0.39, 0.29) is 18.6 Å². The van der Waals surface area contributed by atoms with Gasteiger partial charge in [0.1, 0.15) is 5.82 Å². The predicted molar refractivity (Wildman–Crippen MR) is 104 cm³/mol. The maximum Gasteiger partial charge on any atom is 0.222 e. The second kappa shape index (κ2) is 8.53. The highest BCUT2D eigenvalue weighted by molar-refractivity contribution is 6.31. The number of rotatable bonds is 5. The van der Waals surface area contributed by atoms with Crippen LogP contribution in [-0.4, -0.2) is 48.0 Å². The van der Waals surface area contributed by atoms with Crippen molar-refractivity contribution in [3.63, 3.8) is 0 Å². The van der Waals surface area contributed by atoms with Gasteiger partial charge in [0.05, 0.1) is 19.3 Å². The van der Waals surface area contributed by atoms with E-state index in [4.69, 9.17) is 27.2 Å². The number of ether oxygens (including phenoxy) is 1. The Morgan fingerprint density at radius 1 is 1.38 bits per heavy atom. The first-order valence-corrected chi connectivity index (χ1v) is 9.06. The number of nitrogen functional groups attached to an aromatic ring is 1. The Balaban J connectivity index is 1.99. The van der Waals surface area contributed by atoms with Gasteiger partial charge in [0.2, 0.25) is 5.95 Å². The summed E-state index contributed by atoms with van der Waals surface area (Å²) >= 11 is 6.52. The first-order chi connectivity index (χ1) is 12.6. The van der Waals surface area contributed by atoms with Crippen LogP contribution in [0.5, 0.6) is 0 Å². The van der Waals surface area contributed by atoms with E-state index in [0.29, 0.717) is 24.8 Å². The van der Waals surface area contributed by atoms with Crippen LogP contribution in [0.15, 0.2) is 24.3 Å². The smallest absolute Gasteiger partial charge is 0.222 e. The minimum absolute atomic E-state index is 0.0656. The molecular weight excluding hydrogens is 354 g/mol. The first-order valence-electron chi connectivity index (χ1n) is 8.68. The fourth-order valence-electron chi connectivity index (χ4n) is 3.14. The van der Waals surface area contributed by atoms with Crippen molar-refractivity contribution in [3.05, 3.63) is 40.5 Å². The van der Waals surface area contributed by atoms with E-state index in [1.807, 2.05) is 31.2 Å². The molecule has 1 atom stereocenters. The Bertz CT molecular complexity index is 738. The largest absolute Gasteiger partial charge is 0.395 e. The molecule has 1 aliphatic heterocycles. The van der Waals surface area contributed by atoms with Crippen LogP contribution in [-0.2, 0) is 4.74 Å². The van der Waals surface area contributed by atoms with Crippen LogP contribution in [0.2, 0.25) is 5.02 Å². The molecule has 0 amide bonds. The molecule has 0 radical (unpaired) electrons. The van der Waals surface area contributed by atoms with E-state index in [0.717, 1.165) is 35.7 Å². The first kappa shape index (κ1) is 18.7. The molecule has 0 aliphatic carbocycles. The normalized spacial score (nSPS) is 17.8. The zero-order chi connectivity index (χ0) is 18.5. The zero-order valence-corrected chi connectivity index (χ0v) is 15.5. The van der Waals surface area contributed by atoms with E-state index >= 15 is 0 Å². The summed E-state index contributed by atoms with van der Waals surface area (Å²) in [5.41, 5.74) is 8.53. The monoisotopic (exact) mass is 377 g/mol. The van der Waals surface area contributed by atoms with Gasteiger partial charge in [0.25, 0.3) is 0 Å². The third-order valence-corrected chi connectivity index (χ3v) is 4.63. The summed E-state index contributed by atoms with van der Waals surface area (Å²) in [6.07, 6.45) is 0.888. The molecular formula is C18H24ClN5O2. The number of nitrogens with zero attached hydrogens (tertiary/aromatic N) is 3. The molecule has 7 nitrogen and oxygen atoms in total. The number of nitrogens with one attached hydrogen (secondary N) is 1. The number of benzene rings is 1. The molecule has 1 aliphatic rings. The van der Waals surface area contributed by atoms with Crippen LogP contribution in [0.4, 0.5) is 17.5 Å². The fourth-order valence-corrected chi connectivity index (χ4v) is 3.38. The lowest BCUT2D eigenvalue weighted by atomic mass is 10.0. The number of aryl methyl sites for hydroxylation is 1.